The molecule has 16 heavy (non-hydrogen) atoms. The van der Waals surface area contributed by atoms with Crippen molar-refractivity contribution in [2.75, 3.05) is 7.11 Å². The van der Waals surface area contributed by atoms with E-state index < -0.39 is 15.9 Å². The lowest BCUT2D eigenvalue weighted by Crippen LogP contribution is -2.37. The van der Waals surface area contributed by atoms with E-state index in [9.17, 15) is 4.79 Å². The molecule has 0 aliphatic carbocycles. The summed E-state index contributed by atoms with van der Waals surface area (Å²) in [5.41, 5.74) is 0.771. The Hall–Kier alpha value is -0.480. The van der Waals surface area contributed by atoms with Gasteiger partial charge in [0.05, 0.1) is 0 Å². The van der Waals surface area contributed by atoms with Crippen molar-refractivity contribution < 1.29 is 9.53 Å². The van der Waals surface area contributed by atoms with E-state index in [-0.39, 0.29) is 0 Å². The third-order valence-electron chi connectivity index (χ3n) is 1.86. The number of rotatable bonds is 3. The summed E-state index contributed by atoms with van der Waals surface area (Å²) in [6.07, 6.45) is -0.635. The van der Waals surface area contributed by atoms with Crippen molar-refractivity contribution >= 4 is 40.7 Å². The molecule has 3 nitrogen and oxygen atoms in total. The molecule has 0 aliphatic rings. The topological polar surface area (TPSA) is 38.3 Å². The SMILES string of the molecule is COC(NC(=O)C(Cl)(Cl)Cl)c1ccccc1. The van der Waals surface area contributed by atoms with Crippen molar-refractivity contribution in [3.63, 3.8) is 0 Å². The molecule has 1 aromatic carbocycles. The summed E-state index contributed by atoms with van der Waals surface area (Å²) in [7, 11) is 1.45. The second kappa shape index (κ2) is 5.73. The molecule has 1 amide bonds. The monoisotopic (exact) mass is 281 g/mol. The Morgan fingerprint density at radius 1 is 1.31 bits per heavy atom. The molecule has 88 valence electrons. The van der Waals surface area contributed by atoms with Gasteiger partial charge < -0.3 is 10.1 Å². The maximum Gasteiger partial charge on any atom is 0.274 e. The van der Waals surface area contributed by atoms with Crippen molar-refractivity contribution in [2.45, 2.75) is 10.0 Å². The third-order valence-corrected chi connectivity index (χ3v) is 2.37. The number of amides is 1. The van der Waals surface area contributed by atoms with Gasteiger partial charge >= 0.3 is 0 Å². The van der Waals surface area contributed by atoms with Gasteiger partial charge in [-0.25, -0.2) is 0 Å². The summed E-state index contributed by atoms with van der Waals surface area (Å²) in [4.78, 5) is 11.4. The zero-order chi connectivity index (χ0) is 12.2. The van der Waals surface area contributed by atoms with Gasteiger partial charge in [-0.3, -0.25) is 4.79 Å². The van der Waals surface area contributed by atoms with Gasteiger partial charge in [0.15, 0.2) is 6.23 Å². The number of ether oxygens (including phenoxy) is 1. The Morgan fingerprint density at radius 3 is 2.31 bits per heavy atom. The van der Waals surface area contributed by atoms with Crippen LogP contribution in [0, 0.1) is 0 Å². The number of carbonyl (C=O) groups excluding carboxylic acids is 1. The second-order valence-electron chi connectivity index (χ2n) is 3.00. The average molecular weight is 283 g/mol. The molecule has 0 aromatic heterocycles. The van der Waals surface area contributed by atoms with Gasteiger partial charge in [-0.2, -0.15) is 0 Å². The van der Waals surface area contributed by atoms with Crippen LogP contribution in [0.3, 0.4) is 0 Å². The Balaban J connectivity index is 2.75. The van der Waals surface area contributed by atoms with Crippen LogP contribution < -0.4 is 5.32 Å². The van der Waals surface area contributed by atoms with Gasteiger partial charge in [-0.05, 0) is 0 Å². The van der Waals surface area contributed by atoms with E-state index in [4.69, 9.17) is 39.5 Å². The van der Waals surface area contributed by atoms with Gasteiger partial charge in [-0.15, -0.1) is 0 Å². The molecule has 1 atom stereocenters. The summed E-state index contributed by atoms with van der Waals surface area (Å²) in [6, 6.07) is 9.10. The minimum atomic E-state index is -1.99. The molecule has 6 heteroatoms. The Bertz CT molecular complexity index is 351. The fourth-order valence-corrected chi connectivity index (χ4v) is 1.27. The van der Waals surface area contributed by atoms with Crippen LogP contribution in [0.15, 0.2) is 30.3 Å². The average Bonchev–Trinajstić information content (AvgIpc) is 2.25. The second-order valence-corrected chi connectivity index (χ2v) is 5.28. The molecular weight excluding hydrogens is 272 g/mol. The molecule has 1 rings (SSSR count). The molecule has 0 aliphatic heterocycles. The number of alkyl halides is 3. The van der Waals surface area contributed by atoms with E-state index in [0.717, 1.165) is 5.56 Å². The maximum atomic E-state index is 11.4. The van der Waals surface area contributed by atoms with Crippen LogP contribution in [-0.2, 0) is 9.53 Å². The first-order valence-corrected chi connectivity index (χ1v) is 5.54. The maximum absolute atomic E-state index is 11.4. The van der Waals surface area contributed by atoms with Gasteiger partial charge in [0, 0.05) is 12.7 Å². The molecule has 0 fully saturated rings. The number of hydrogen-bond donors (Lipinski definition) is 1. The van der Waals surface area contributed by atoms with E-state index in [2.05, 4.69) is 5.32 Å². The molecule has 1 aromatic rings. The first-order valence-electron chi connectivity index (χ1n) is 4.40. The minimum absolute atomic E-state index is 0.635. The summed E-state index contributed by atoms with van der Waals surface area (Å²) in [5, 5.41) is 2.47. The predicted octanol–water partition coefficient (Wildman–Crippen LogP) is 2.82. The minimum Gasteiger partial charge on any atom is -0.357 e. The summed E-state index contributed by atoms with van der Waals surface area (Å²) >= 11 is 16.3. The number of hydrogen-bond acceptors (Lipinski definition) is 2. The number of benzene rings is 1. The van der Waals surface area contributed by atoms with E-state index in [1.807, 2.05) is 18.2 Å². The Morgan fingerprint density at radius 2 is 1.88 bits per heavy atom. The number of methoxy groups -OCH3 is 1. The van der Waals surface area contributed by atoms with Gasteiger partial charge in [-0.1, -0.05) is 65.1 Å². The van der Waals surface area contributed by atoms with Gasteiger partial charge in [0.1, 0.15) is 0 Å². The number of carbonyl (C=O) groups is 1. The highest BCUT2D eigenvalue weighted by molar-refractivity contribution is 6.76. The quantitative estimate of drug-likeness (QED) is 0.684. The van der Waals surface area contributed by atoms with Crippen molar-refractivity contribution in [3.8, 4) is 0 Å². The van der Waals surface area contributed by atoms with E-state index >= 15 is 0 Å². The van der Waals surface area contributed by atoms with Gasteiger partial charge in [0.2, 0.25) is 0 Å². The smallest absolute Gasteiger partial charge is 0.274 e. The first kappa shape index (κ1) is 13.6. The summed E-state index contributed by atoms with van der Waals surface area (Å²) < 4.78 is 3.10. The van der Waals surface area contributed by atoms with Crippen LogP contribution in [0.2, 0.25) is 0 Å². The molecule has 0 saturated heterocycles. The highest BCUT2D eigenvalue weighted by Crippen LogP contribution is 2.27. The zero-order valence-corrected chi connectivity index (χ0v) is 10.7. The van der Waals surface area contributed by atoms with Crippen molar-refractivity contribution in [3.05, 3.63) is 35.9 Å². The fourth-order valence-electron chi connectivity index (χ4n) is 1.11. The highest BCUT2D eigenvalue weighted by Gasteiger charge is 2.32. The summed E-state index contributed by atoms with van der Waals surface area (Å²) in [5.74, 6) is -0.729. The third kappa shape index (κ3) is 3.83. The lowest BCUT2D eigenvalue weighted by Gasteiger charge is -2.20. The van der Waals surface area contributed by atoms with Crippen molar-refractivity contribution in [1.82, 2.24) is 5.32 Å². The van der Waals surface area contributed by atoms with E-state index in [1.54, 1.807) is 12.1 Å². The molecular formula is C10H10Cl3NO2. The van der Waals surface area contributed by atoms with Crippen LogP contribution in [-0.4, -0.2) is 16.8 Å². The van der Waals surface area contributed by atoms with Gasteiger partial charge in [0.25, 0.3) is 9.70 Å². The standard InChI is InChI=1S/C10H10Cl3NO2/c1-16-8(7-5-3-2-4-6-7)14-9(15)10(11,12)13/h2-6,8H,1H3,(H,14,15). The zero-order valence-electron chi connectivity index (χ0n) is 8.41. The van der Waals surface area contributed by atoms with Crippen LogP contribution in [0.25, 0.3) is 0 Å². The largest absolute Gasteiger partial charge is 0.357 e. The Labute approximate surface area is 109 Å². The molecule has 0 heterocycles. The number of halogens is 3. The lowest BCUT2D eigenvalue weighted by atomic mass is 10.2. The summed E-state index contributed by atoms with van der Waals surface area (Å²) in [6.45, 7) is 0. The van der Waals surface area contributed by atoms with Crippen LogP contribution in [0.5, 0.6) is 0 Å². The van der Waals surface area contributed by atoms with Crippen LogP contribution >= 0.6 is 34.8 Å². The molecule has 0 saturated carbocycles. The predicted molar refractivity (Wildman–Crippen MR) is 64.6 cm³/mol. The molecule has 0 spiro atoms. The van der Waals surface area contributed by atoms with Crippen molar-refractivity contribution in [1.29, 1.82) is 0 Å². The van der Waals surface area contributed by atoms with E-state index in [1.165, 1.54) is 7.11 Å². The van der Waals surface area contributed by atoms with Crippen LogP contribution in [0.4, 0.5) is 0 Å². The molecule has 1 unspecified atom stereocenters. The van der Waals surface area contributed by atoms with E-state index in [0.29, 0.717) is 0 Å². The fraction of sp³-hybridized carbons (Fsp3) is 0.300. The Kier molecular flexibility index (Phi) is 4.87. The normalized spacial score (nSPS) is 13.2. The lowest BCUT2D eigenvalue weighted by molar-refractivity contribution is -0.124. The molecule has 0 radical (unpaired) electrons. The first-order chi connectivity index (χ1) is 7.45. The molecule has 0 bridgehead atoms. The molecule has 1 N–H and O–H groups in total. The van der Waals surface area contributed by atoms with Crippen LogP contribution in [0.1, 0.15) is 11.8 Å². The van der Waals surface area contributed by atoms with Crippen molar-refractivity contribution in [2.24, 2.45) is 0 Å². The number of nitrogens with one attached hydrogen (secondary N) is 1. The highest BCUT2D eigenvalue weighted by atomic mass is 35.6.